The van der Waals surface area contributed by atoms with Crippen molar-refractivity contribution in [2.24, 2.45) is 11.8 Å². The van der Waals surface area contributed by atoms with Gasteiger partial charge >= 0.3 is 0 Å². The lowest BCUT2D eigenvalue weighted by molar-refractivity contribution is -0.138. The molecule has 144 valence electrons. The molecule has 1 aliphatic heterocycles. The Morgan fingerprint density at radius 3 is 2.42 bits per heavy atom. The largest absolute Gasteiger partial charge is 0.374 e. The molecule has 1 unspecified atom stereocenters. The number of carbonyl (C=O) groups excluding carboxylic acids is 2. The molecule has 0 saturated carbocycles. The summed E-state index contributed by atoms with van der Waals surface area (Å²) in [6.07, 6.45) is 2.38. The van der Waals surface area contributed by atoms with Crippen LogP contribution in [0.4, 0.5) is 0 Å². The monoisotopic (exact) mass is 360 g/mol. The summed E-state index contributed by atoms with van der Waals surface area (Å²) in [4.78, 5) is 26.1. The van der Waals surface area contributed by atoms with Crippen LogP contribution in [-0.4, -0.2) is 43.0 Å². The Balaban J connectivity index is 1.59. The van der Waals surface area contributed by atoms with Crippen molar-refractivity contribution in [1.82, 2.24) is 10.2 Å². The molecule has 0 aliphatic carbocycles. The van der Waals surface area contributed by atoms with E-state index in [1.54, 1.807) is 0 Å². The van der Waals surface area contributed by atoms with E-state index in [1.807, 2.05) is 43.9 Å². The summed E-state index contributed by atoms with van der Waals surface area (Å²) >= 11 is 0. The molecular weight excluding hydrogens is 328 g/mol. The molecule has 1 aromatic rings. The molecular formula is C21H32N2O3. The number of carbonyl (C=O) groups is 2. The van der Waals surface area contributed by atoms with Gasteiger partial charge in [0.05, 0.1) is 6.10 Å². The summed E-state index contributed by atoms with van der Waals surface area (Å²) in [7, 11) is 0. The minimum atomic E-state index is 0.0235. The van der Waals surface area contributed by atoms with Gasteiger partial charge in [-0.25, -0.2) is 0 Å². The Kier molecular flexibility index (Phi) is 8.10. The molecule has 1 aliphatic rings. The summed E-state index contributed by atoms with van der Waals surface area (Å²) in [6.45, 7) is 8.51. The zero-order valence-corrected chi connectivity index (χ0v) is 16.2. The molecule has 1 fully saturated rings. The van der Waals surface area contributed by atoms with E-state index in [-0.39, 0.29) is 29.8 Å². The van der Waals surface area contributed by atoms with Gasteiger partial charge in [-0.2, -0.15) is 0 Å². The fraction of sp³-hybridized carbons (Fsp3) is 0.619. The van der Waals surface area contributed by atoms with Gasteiger partial charge in [-0.1, -0.05) is 44.2 Å². The molecule has 2 amide bonds. The van der Waals surface area contributed by atoms with Crippen molar-refractivity contribution in [3.05, 3.63) is 35.9 Å². The van der Waals surface area contributed by atoms with Gasteiger partial charge in [0.15, 0.2) is 0 Å². The molecule has 0 aromatic heterocycles. The Morgan fingerprint density at radius 1 is 1.15 bits per heavy atom. The predicted octanol–water partition coefficient (Wildman–Crippen LogP) is 3.17. The predicted molar refractivity (Wildman–Crippen MR) is 103 cm³/mol. The maximum absolute atomic E-state index is 12.3. The molecule has 2 rings (SSSR count). The van der Waals surface area contributed by atoms with Crippen molar-refractivity contribution < 1.29 is 14.3 Å². The first-order chi connectivity index (χ1) is 12.5. The highest BCUT2D eigenvalue weighted by Crippen LogP contribution is 2.19. The van der Waals surface area contributed by atoms with Gasteiger partial charge in [0.1, 0.15) is 0 Å². The van der Waals surface area contributed by atoms with Crippen LogP contribution >= 0.6 is 0 Å². The third kappa shape index (κ3) is 6.13. The van der Waals surface area contributed by atoms with E-state index in [4.69, 9.17) is 4.74 Å². The number of nitrogens with one attached hydrogen (secondary N) is 1. The van der Waals surface area contributed by atoms with Crippen molar-refractivity contribution in [3.8, 4) is 0 Å². The van der Waals surface area contributed by atoms with Crippen LogP contribution < -0.4 is 5.32 Å². The Hall–Kier alpha value is -1.88. The minimum absolute atomic E-state index is 0.0235. The molecule has 1 aromatic carbocycles. The fourth-order valence-electron chi connectivity index (χ4n) is 3.24. The molecule has 0 spiro atoms. The Bertz CT molecular complexity index is 566. The molecule has 1 saturated heterocycles. The van der Waals surface area contributed by atoms with Crippen molar-refractivity contribution in [1.29, 1.82) is 0 Å². The number of amides is 2. The third-order valence-electron chi connectivity index (χ3n) is 4.93. The zero-order valence-electron chi connectivity index (χ0n) is 16.2. The minimum Gasteiger partial charge on any atom is -0.374 e. The van der Waals surface area contributed by atoms with Gasteiger partial charge < -0.3 is 15.0 Å². The zero-order chi connectivity index (χ0) is 18.9. The summed E-state index contributed by atoms with van der Waals surface area (Å²) in [5.41, 5.74) is 1.17. The van der Waals surface area contributed by atoms with Crippen LogP contribution in [0.5, 0.6) is 0 Å². The van der Waals surface area contributed by atoms with Crippen LogP contribution in [0.2, 0.25) is 0 Å². The lowest BCUT2D eigenvalue weighted by atomic mass is 9.95. The standard InChI is InChI=1S/C21H32N2O3/c1-16(2)21(25)23-13-10-19(11-14-23)20(24)22-12-7-15-26-17(3)18-8-5-4-6-9-18/h4-6,8-9,16-17,19H,7,10-15H2,1-3H3,(H,22,24). The number of ether oxygens (including phenoxy) is 1. The Labute approximate surface area is 157 Å². The maximum Gasteiger partial charge on any atom is 0.225 e. The summed E-state index contributed by atoms with van der Waals surface area (Å²) in [6, 6.07) is 10.1. The highest BCUT2D eigenvalue weighted by molar-refractivity contribution is 5.80. The van der Waals surface area contributed by atoms with Crippen LogP contribution in [0.15, 0.2) is 30.3 Å². The molecule has 0 bridgehead atoms. The number of piperidine rings is 1. The molecule has 5 nitrogen and oxygen atoms in total. The van der Waals surface area contributed by atoms with Crippen LogP contribution in [0, 0.1) is 11.8 Å². The van der Waals surface area contributed by atoms with Gasteiger partial charge in [-0.15, -0.1) is 0 Å². The molecule has 1 N–H and O–H groups in total. The number of benzene rings is 1. The van der Waals surface area contributed by atoms with E-state index in [2.05, 4.69) is 17.4 Å². The van der Waals surface area contributed by atoms with Gasteiger partial charge in [-0.3, -0.25) is 9.59 Å². The lowest BCUT2D eigenvalue weighted by Gasteiger charge is -2.32. The highest BCUT2D eigenvalue weighted by atomic mass is 16.5. The number of likely N-dealkylation sites (tertiary alicyclic amines) is 1. The second-order valence-corrected chi connectivity index (χ2v) is 7.32. The van der Waals surface area contributed by atoms with E-state index in [0.29, 0.717) is 26.2 Å². The number of hydrogen-bond acceptors (Lipinski definition) is 3. The summed E-state index contributed by atoms with van der Waals surface area (Å²) < 4.78 is 5.82. The number of rotatable bonds is 8. The van der Waals surface area contributed by atoms with Crippen molar-refractivity contribution in [2.45, 2.75) is 46.1 Å². The maximum atomic E-state index is 12.3. The molecule has 1 heterocycles. The van der Waals surface area contributed by atoms with E-state index in [9.17, 15) is 9.59 Å². The summed E-state index contributed by atoms with van der Waals surface area (Å²) in [5.74, 6) is 0.348. The van der Waals surface area contributed by atoms with Crippen molar-refractivity contribution >= 4 is 11.8 Å². The second-order valence-electron chi connectivity index (χ2n) is 7.32. The number of hydrogen-bond donors (Lipinski definition) is 1. The molecule has 0 radical (unpaired) electrons. The molecule has 5 heteroatoms. The highest BCUT2D eigenvalue weighted by Gasteiger charge is 2.27. The van der Waals surface area contributed by atoms with E-state index in [1.165, 1.54) is 5.56 Å². The van der Waals surface area contributed by atoms with Crippen LogP contribution in [0.1, 0.15) is 51.7 Å². The van der Waals surface area contributed by atoms with Gasteiger partial charge in [0.2, 0.25) is 11.8 Å². The summed E-state index contributed by atoms with van der Waals surface area (Å²) in [5, 5.41) is 3.01. The second kappa shape index (κ2) is 10.3. The average molecular weight is 360 g/mol. The molecule has 1 atom stereocenters. The van der Waals surface area contributed by atoms with Crippen LogP contribution in [0.25, 0.3) is 0 Å². The quantitative estimate of drug-likeness (QED) is 0.725. The average Bonchev–Trinajstić information content (AvgIpc) is 2.67. The van der Waals surface area contributed by atoms with Crippen molar-refractivity contribution in [2.75, 3.05) is 26.2 Å². The van der Waals surface area contributed by atoms with E-state index < -0.39 is 0 Å². The SMILES string of the molecule is CC(C)C(=O)N1CCC(C(=O)NCCCOC(C)c2ccccc2)CC1. The van der Waals surface area contributed by atoms with Crippen LogP contribution in [-0.2, 0) is 14.3 Å². The number of nitrogens with zero attached hydrogens (tertiary/aromatic N) is 1. The first kappa shape index (κ1) is 20.4. The van der Waals surface area contributed by atoms with Gasteiger partial charge in [-0.05, 0) is 31.7 Å². The third-order valence-corrected chi connectivity index (χ3v) is 4.93. The first-order valence-corrected chi connectivity index (χ1v) is 9.72. The van der Waals surface area contributed by atoms with Crippen LogP contribution in [0.3, 0.4) is 0 Å². The molecule has 26 heavy (non-hydrogen) atoms. The van der Waals surface area contributed by atoms with E-state index >= 15 is 0 Å². The van der Waals surface area contributed by atoms with Crippen molar-refractivity contribution in [3.63, 3.8) is 0 Å². The topological polar surface area (TPSA) is 58.6 Å². The first-order valence-electron chi connectivity index (χ1n) is 9.72. The smallest absolute Gasteiger partial charge is 0.225 e. The van der Waals surface area contributed by atoms with E-state index in [0.717, 1.165) is 19.3 Å². The van der Waals surface area contributed by atoms with Gasteiger partial charge in [0.25, 0.3) is 0 Å². The lowest BCUT2D eigenvalue weighted by Crippen LogP contribution is -2.44. The van der Waals surface area contributed by atoms with Gasteiger partial charge in [0, 0.05) is 38.1 Å². The fourth-order valence-corrected chi connectivity index (χ4v) is 3.24. The Morgan fingerprint density at radius 2 is 1.81 bits per heavy atom. The normalized spacial score (nSPS) is 16.5.